The molecule has 0 heterocycles. The lowest BCUT2D eigenvalue weighted by Crippen LogP contribution is -2.36. The third-order valence-electron chi connectivity index (χ3n) is 6.75. The summed E-state index contributed by atoms with van der Waals surface area (Å²) in [7, 11) is 0. The van der Waals surface area contributed by atoms with Crippen molar-refractivity contribution in [2.45, 2.75) is 59.5 Å². The molecule has 0 radical (unpaired) electrons. The SMILES string of the molecule is C=C(N)N(/C(=C\C)C1=CC(CC)C(C)(O)C=C1O)c1ccc2c(c1)C(C)=C(C)[C@@H]2C. The second-order valence-electron chi connectivity index (χ2n) is 8.65. The Kier molecular flexibility index (Phi) is 5.74. The Morgan fingerprint density at radius 2 is 2.00 bits per heavy atom. The molecule has 0 bridgehead atoms. The standard InChI is InChI=1S/C26H34N2O2/c1-8-19-12-23(25(29)14-26(19,7)30)24(9-2)28(18(6)27)20-10-11-21-16(4)15(3)17(5)22(21)13-20/h9-14,16,19,29-30H,6,8,27H2,1-5,7H3/b24-9-/t16-,19?,26?/m0/s1. The van der Waals surface area contributed by atoms with E-state index in [0.29, 0.717) is 17.3 Å². The smallest absolute Gasteiger partial charge is 0.123 e. The van der Waals surface area contributed by atoms with Crippen LogP contribution in [0.2, 0.25) is 0 Å². The summed E-state index contributed by atoms with van der Waals surface area (Å²) in [5, 5.41) is 21.4. The molecule has 2 unspecified atom stereocenters. The lowest BCUT2D eigenvalue weighted by molar-refractivity contribution is 0.0590. The van der Waals surface area contributed by atoms with Crippen molar-refractivity contribution in [1.82, 2.24) is 0 Å². The number of aliphatic hydroxyl groups excluding tert-OH is 1. The minimum absolute atomic E-state index is 0.0470. The van der Waals surface area contributed by atoms with Gasteiger partial charge in [0.2, 0.25) is 0 Å². The molecule has 0 aromatic heterocycles. The minimum atomic E-state index is -1.09. The quantitative estimate of drug-likeness (QED) is 0.570. The first-order valence-electron chi connectivity index (χ1n) is 10.6. The number of allylic oxidation sites excluding steroid dienone is 3. The summed E-state index contributed by atoms with van der Waals surface area (Å²) in [6.45, 7) is 16.2. The predicted molar refractivity (Wildman–Crippen MR) is 126 cm³/mol. The van der Waals surface area contributed by atoms with Gasteiger partial charge in [-0.1, -0.05) is 44.2 Å². The molecular formula is C26H34N2O2. The molecule has 3 atom stereocenters. The van der Waals surface area contributed by atoms with Crippen LogP contribution in [0.5, 0.6) is 0 Å². The molecule has 0 fully saturated rings. The highest BCUT2D eigenvalue weighted by atomic mass is 16.3. The van der Waals surface area contributed by atoms with E-state index in [0.717, 1.165) is 17.8 Å². The van der Waals surface area contributed by atoms with Gasteiger partial charge >= 0.3 is 0 Å². The van der Waals surface area contributed by atoms with Crippen molar-refractivity contribution < 1.29 is 10.2 Å². The topological polar surface area (TPSA) is 69.7 Å². The number of hydrogen-bond donors (Lipinski definition) is 3. The Bertz CT molecular complexity index is 1010. The van der Waals surface area contributed by atoms with Crippen LogP contribution in [0.1, 0.15) is 65.0 Å². The van der Waals surface area contributed by atoms with Crippen LogP contribution in [-0.2, 0) is 0 Å². The van der Waals surface area contributed by atoms with E-state index in [1.807, 2.05) is 30.9 Å². The van der Waals surface area contributed by atoms with Crippen LogP contribution >= 0.6 is 0 Å². The van der Waals surface area contributed by atoms with Crippen LogP contribution in [0, 0.1) is 5.92 Å². The van der Waals surface area contributed by atoms with Crippen molar-refractivity contribution in [2.24, 2.45) is 11.7 Å². The van der Waals surface area contributed by atoms with E-state index in [-0.39, 0.29) is 11.7 Å². The largest absolute Gasteiger partial charge is 0.507 e. The normalized spacial score (nSPS) is 26.3. The lowest BCUT2D eigenvalue weighted by atomic mass is 9.80. The van der Waals surface area contributed by atoms with Gasteiger partial charge in [0.25, 0.3) is 0 Å². The number of nitrogens with two attached hydrogens (primary N) is 1. The van der Waals surface area contributed by atoms with E-state index in [2.05, 4.69) is 45.5 Å². The van der Waals surface area contributed by atoms with Crippen LogP contribution in [0.15, 0.2) is 71.4 Å². The average Bonchev–Trinajstić information content (AvgIpc) is 2.89. The van der Waals surface area contributed by atoms with Crippen molar-refractivity contribution in [1.29, 1.82) is 0 Å². The number of aliphatic hydroxyl groups is 2. The van der Waals surface area contributed by atoms with Gasteiger partial charge in [0, 0.05) is 23.1 Å². The molecule has 4 N–H and O–H groups in total. The molecular weight excluding hydrogens is 372 g/mol. The molecule has 3 rings (SSSR count). The first-order chi connectivity index (χ1) is 14.0. The van der Waals surface area contributed by atoms with E-state index in [1.165, 1.54) is 28.3 Å². The van der Waals surface area contributed by atoms with Gasteiger partial charge in [0.15, 0.2) is 0 Å². The van der Waals surface area contributed by atoms with E-state index in [1.54, 1.807) is 6.92 Å². The van der Waals surface area contributed by atoms with Gasteiger partial charge in [-0.2, -0.15) is 0 Å². The number of benzene rings is 1. The van der Waals surface area contributed by atoms with E-state index in [9.17, 15) is 10.2 Å². The number of anilines is 1. The van der Waals surface area contributed by atoms with Gasteiger partial charge in [-0.15, -0.1) is 0 Å². The van der Waals surface area contributed by atoms with E-state index < -0.39 is 5.60 Å². The van der Waals surface area contributed by atoms with Crippen molar-refractivity contribution in [2.75, 3.05) is 4.90 Å². The molecule has 2 aliphatic rings. The molecule has 160 valence electrons. The highest BCUT2D eigenvalue weighted by Gasteiger charge is 2.34. The third-order valence-corrected chi connectivity index (χ3v) is 6.75. The number of rotatable bonds is 5. The molecule has 4 heteroatoms. The predicted octanol–water partition coefficient (Wildman–Crippen LogP) is 5.90. The summed E-state index contributed by atoms with van der Waals surface area (Å²) in [5.41, 5.74) is 12.7. The van der Waals surface area contributed by atoms with Crippen LogP contribution in [0.25, 0.3) is 5.57 Å². The molecule has 1 aromatic carbocycles. The van der Waals surface area contributed by atoms with Crippen molar-refractivity contribution in [3.05, 3.63) is 82.6 Å². The Hall–Kier alpha value is -2.72. The van der Waals surface area contributed by atoms with Crippen molar-refractivity contribution in [3.8, 4) is 0 Å². The number of hydrogen-bond acceptors (Lipinski definition) is 4. The van der Waals surface area contributed by atoms with Gasteiger partial charge in [-0.3, -0.25) is 4.90 Å². The number of nitrogens with zero attached hydrogens (tertiary/aromatic N) is 1. The highest BCUT2D eigenvalue weighted by Crippen LogP contribution is 2.44. The van der Waals surface area contributed by atoms with Gasteiger partial charge in [-0.05, 0) is 69.0 Å². The van der Waals surface area contributed by atoms with Crippen LogP contribution in [-0.4, -0.2) is 15.8 Å². The molecule has 0 spiro atoms. The maximum absolute atomic E-state index is 10.8. The molecule has 30 heavy (non-hydrogen) atoms. The van der Waals surface area contributed by atoms with Gasteiger partial charge < -0.3 is 15.9 Å². The van der Waals surface area contributed by atoms with Crippen LogP contribution < -0.4 is 10.6 Å². The maximum atomic E-state index is 10.8. The molecule has 2 aliphatic carbocycles. The first-order valence-corrected chi connectivity index (χ1v) is 10.6. The molecule has 4 nitrogen and oxygen atoms in total. The summed E-state index contributed by atoms with van der Waals surface area (Å²) in [6.07, 6.45) is 6.13. The summed E-state index contributed by atoms with van der Waals surface area (Å²) < 4.78 is 0. The van der Waals surface area contributed by atoms with Gasteiger partial charge in [0.05, 0.1) is 11.3 Å². The second kappa shape index (κ2) is 7.84. The van der Waals surface area contributed by atoms with Gasteiger partial charge in [-0.25, -0.2) is 0 Å². The second-order valence-corrected chi connectivity index (χ2v) is 8.65. The van der Waals surface area contributed by atoms with E-state index in [4.69, 9.17) is 5.73 Å². The maximum Gasteiger partial charge on any atom is 0.123 e. The molecule has 0 aliphatic heterocycles. The number of fused-ring (bicyclic) bond motifs is 1. The zero-order valence-corrected chi connectivity index (χ0v) is 19.0. The summed E-state index contributed by atoms with van der Waals surface area (Å²) in [6, 6.07) is 6.36. The average molecular weight is 407 g/mol. The van der Waals surface area contributed by atoms with Crippen molar-refractivity contribution >= 4 is 11.3 Å². The summed E-state index contributed by atoms with van der Waals surface area (Å²) >= 11 is 0. The first kappa shape index (κ1) is 22.0. The Morgan fingerprint density at radius 1 is 1.33 bits per heavy atom. The zero-order chi connectivity index (χ0) is 22.4. The monoisotopic (exact) mass is 406 g/mol. The fourth-order valence-electron chi connectivity index (χ4n) is 4.69. The molecule has 0 saturated heterocycles. The van der Waals surface area contributed by atoms with E-state index >= 15 is 0 Å². The Labute approximate surface area is 180 Å². The third kappa shape index (κ3) is 3.50. The van der Waals surface area contributed by atoms with Crippen LogP contribution in [0.3, 0.4) is 0 Å². The van der Waals surface area contributed by atoms with Crippen molar-refractivity contribution in [3.63, 3.8) is 0 Å². The summed E-state index contributed by atoms with van der Waals surface area (Å²) in [4.78, 5) is 1.87. The minimum Gasteiger partial charge on any atom is -0.507 e. The summed E-state index contributed by atoms with van der Waals surface area (Å²) in [5.74, 6) is 0.711. The molecule has 0 saturated carbocycles. The van der Waals surface area contributed by atoms with Crippen LogP contribution in [0.4, 0.5) is 5.69 Å². The Morgan fingerprint density at radius 3 is 2.57 bits per heavy atom. The lowest BCUT2D eigenvalue weighted by Gasteiger charge is -2.35. The fourth-order valence-corrected chi connectivity index (χ4v) is 4.69. The Balaban J connectivity index is 2.11. The zero-order valence-electron chi connectivity index (χ0n) is 19.0. The fraction of sp³-hybridized carbons (Fsp3) is 0.385. The van der Waals surface area contributed by atoms with Gasteiger partial charge in [0.1, 0.15) is 11.6 Å². The molecule has 0 amide bonds. The molecule has 1 aromatic rings. The highest BCUT2D eigenvalue weighted by molar-refractivity contribution is 5.80.